The Hall–Kier alpha value is -1.91. The van der Waals surface area contributed by atoms with Gasteiger partial charge < -0.3 is 10.1 Å². The first-order chi connectivity index (χ1) is 13.6. The van der Waals surface area contributed by atoms with Crippen LogP contribution in [-0.2, 0) is 16.1 Å². The number of rotatable bonds is 7. The molecule has 0 aromatic carbocycles. The molecule has 1 aliphatic carbocycles. The second-order valence-corrected chi connectivity index (χ2v) is 9.28. The van der Waals surface area contributed by atoms with E-state index in [0.717, 1.165) is 43.0 Å². The Labute approximate surface area is 171 Å². The molecule has 1 aliphatic heterocycles. The molecule has 0 radical (unpaired) electrons. The van der Waals surface area contributed by atoms with Crippen molar-refractivity contribution < 1.29 is 14.3 Å². The number of thiophene rings is 1. The van der Waals surface area contributed by atoms with Crippen LogP contribution < -0.4 is 10.6 Å². The van der Waals surface area contributed by atoms with Crippen LogP contribution in [-0.4, -0.2) is 50.7 Å². The monoisotopic (exact) mass is 421 g/mol. The lowest BCUT2D eigenvalue weighted by atomic mass is 10.2. The van der Waals surface area contributed by atoms with E-state index in [2.05, 4.69) is 20.8 Å². The predicted molar refractivity (Wildman–Crippen MR) is 107 cm³/mol. The molecule has 2 aromatic rings. The first-order valence-corrected chi connectivity index (χ1v) is 11.2. The standard InChI is InChI=1S/C18H23N5O3S2/c1-11(16(24)20-17(25)19-12-6-7-12)28-18-22-21-15(14-5-3-9-27-14)23(18)10-13-4-2-8-26-13/h3,5,9,11-13H,2,4,6-8,10H2,1H3,(H2,19,20,24,25)/t11-,13-/m1/s1. The summed E-state index contributed by atoms with van der Waals surface area (Å²) in [5.74, 6) is 0.444. The molecular weight excluding hydrogens is 398 g/mol. The molecule has 2 atom stereocenters. The largest absolute Gasteiger partial charge is 0.376 e. The summed E-state index contributed by atoms with van der Waals surface area (Å²) >= 11 is 2.90. The molecule has 1 saturated carbocycles. The van der Waals surface area contributed by atoms with Gasteiger partial charge in [-0.1, -0.05) is 17.8 Å². The van der Waals surface area contributed by atoms with E-state index < -0.39 is 11.3 Å². The molecule has 0 bridgehead atoms. The van der Waals surface area contributed by atoms with E-state index in [0.29, 0.717) is 11.7 Å². The molecule has 0 spiro atoms. The highest BCUT2D eigenvalue weighted by molar-refractivity contribution is 8.00. The van der Waals surface area contributed by atoms with Gasteiger partial charge in [-0.15, -0.1) is 21.5 Å². The van der Waals surface area contributed by atoms with E-state index in [1.807, 2.05) is 22.1 Å². The van der Waals surface area contributed by atoms with Crippen molar-refractivity contribution in [1.29, 1.82) is 0 Å². The lowest BCUT2D eigenvalue weighted by Crippen LogP contribution is -2.43. The number of hydrogen-bond acceptors (Lipinski definition) is 7. The van der Waals surface area contributed by atoms with E-state index in [9.17, 15) is 9.59 Å². The summed E-state index contributed by atoms with van der Waals surface area (Å²) in [5, 5.41) is 16.0. The van der Waals surface area contributed by atoms with Crippen LogP contribution in [0.3, 0.4) is 0 Å². The summed E-state index contributed by atoms with van der Waals surface area (Å²) in [6.45, 7) is 3.19. The zero-order valence-electron chi connectivity index (χ0n) is 15.6. The summed E-state index contributed by atoms with van der Waals surface area (Å²) in [6, 6.07) is 3.76. The van der Waals surface area contributed by atoms with Crippen LogP contribution in [0.2, 0.25) is 0 Å². The summed E-state index contributed by atoms with van der Waals surface area (Å²) in [4.78, 5) is 25.2. The smallest absolute Gasteiger partial charge is 0.321 e. The summed E-state index contributed by atoms with van der Waals surface area (Å²) in [5.41, 5.74) is 0. The maximum absolute atomic E-state index is 12.4. The third-order valence-electron chi connectivity index (χ3n) is 4.67. The molecule has 2 fully saturated rings. The van der Waals surface area contributed by atoms with Gasteiger partial charge in [0.15, 0.2) is 11.0 Å². The van der Waals surface area contributed by atoms with E-state index in [4.69, 9.17) is 4.74 Å². The summed E-state index contributed by atoms with van der Waals surface area (Å²) in [7, 11) is 0. The van der Waals surface area contributed by atoms with Crippen molar-refractivity contribution in [2.24, 2.45) is 0 Å². The Balaban J connectivity index is 1.46. The van der Waals surface area contributed by atoms with E-state index in [1.54, 1.807) is 18.3 Å². The van der Waals surface area contributed by atoms with Gasteiger partial charge in [-0.25, -0.2) is 4.79 Å². The minimum atomic E-state index is -0.478. The number of aromatic nitrogens is 3. The van der Waals surface area contributed by atoms with Gasteiger partial charge >= 0.3 is 6.03 Å². The fourth-order valence-electron chi connectivity index (χ4n) is 2.99. The Bertz CT molecular complexity index is 828. The predicted octanol–water partition coefficient (Wildman–Crippen LogP) is 2.65. The zero-order valence-corrected chi connectivity index (χ0v) is 17.2. The fourth-order valence-corrected chi connectivity index (χ4v) is 4.57. The number of carbonyl (C=O) groups is 2. The number of amides is 3. The highest BCUT2D eigenvalue weighted by Gasteiger charge is 2.27. The lowest BCUT2D eigenvalue weighted by Gasteiger charge is -2.16. The van der Waals surface area contributed by atoms with Crippen molar-refractivity contribution in [3.8, 4) is 10.7 Å². The van der Waals surface area contributed by atoms with Crippen molar-refractivity contribution in [3.63, 3.8) is 0 Å². The van der Waals surface area contributed by atoms with Crippen LogP contribution in [0.1, 0.15) is 32.6 Å². The zero-order chi connectivity index (χ0) is 19.5. The highest BCUT2D eigenvalue weighted by atomic mass is 32.2. The molecule has 1 saturated heterocycles. The van der Waals surface area contributed by atoms with Crippen molar-refractivity contribution >= 4 is 35.0 Å². The topological polar surface area (TPSA) is 98.1 Å². The molecule has 4 rings (SSSR count). The van der Waals surface area contributed by atoms with Crippen molar-refractivity contribution in [1.82, 2.24) is 25.4 Å². The van der Waals surface area contributed by atoms with Crippen LogP contribution in [0.4, 0.5) is 4.79 Å². The summed E-state index contributed by atoms with van der Waals surface area (Å²) in [6.07, 6.45) is 4.14. The second-order valence-electron chi connectivity index (χ2n) is 7.03. The van der Waals surface area contributed by atoms with Crippen LogP contribution in [0.5, 0.6) is 0 Å². The number of nitrogens with zero attached hydrogens (tertiary/aromatic N) is 3. The molecular formula is C18H23N5O3S2. The first-order valence-electron chi connectivity index (χ1n) is 9.47. The van der Waals surface area contributed by atoms with Gasteiger partial charge in [0.05, 0.1) is 22.8 Å². The van der Waals surface area contributed by atoms with Gasteiger partial charge in [-0.2, -0.15) is 0 Å². The molecule has 3 amide bonds. The maximum atomic E-state index is 12.4. The molecule has 8 nitrogen and oxygen atoms in total. The molecule has 28 heavy (non-hydrogen) atoms. The molecule has 2 aromatic heterocycles. The molecule has 3 heterocycles. The normalized spacial score (nSPS) is 20.1. The number of imide groups is 1. The average molecular weight is 422 g/mol. The number of thioether (sulfide) groups is 1. The van der Waals surface area contributed by atoms with Gasteiger partial charge in [0, 0.05) is 12.6 Å². The number of hydrogen-bond donors (Lipinski definition) is 2. The van der Waals surface area contributed by atoms with Gasteiger partial charge in [0.1, 0.15) is 0 Å². The second kappa shape index (κ2) is 8.62. The van der Waals surface area contributed by atoms with Gasteiger partial charge in [-0.3, -0.25) is 14.7 Å². The highest BCUT2D eigenvalue weighted by Crippen LogP contribution is 2.30. The number of ether oxygens (including phenoxy) is 1. The van der Waals surface area contributed by atoms with Crippen molar-refractivity contribution in [3.05, 3.63) is 17.5 Å². The van der Waals surface area contributed by atoms with Gasteiger partial charge in [-0.05, 0) is 44.1 Å². The van der Waals surface area contributed by atoms with Crippen LogP contribution in [0.25, 0.3) is 10.7 Å². The third kappa shape index (κ3) is 4.73. The van der Waals surface area contributed by atoms with E-state index >= 15 is 0 Å². The molecule has 2 N–H and O–H groups in total. The average Bonchev–Trinajstić information content (AvgIpc) is 3.11. The van der Waals surface area contributed by atoms with Crippen molar-refractivity contribution in [2.45, 2.75) is 61.7 Å². The SMILES string of the molecule is C[C@@H](Sc1nnc(-c2cccs2)n1C[C@H]1CCCO1)C(=O)NC(=O)NC1CC1. The number of carbonyl (C=O) groups excluding carboxylic acids is 2. The van der Waals surface area contributed by atoms with E-state index in [-0.39, 0.29) is 18.1 Å². The molecule has 10 heteroatoms. The van der Waals surface area contributed by atoms with Crippen LogP contribution in [0.15, 0.2) is 22.7 Å². The molecule has 2 aliphatic rings. The van der Waals surface area contributed by atoms with Crippen LogP contribution in [0, 0.1) is 0 Å². The Kier molecular flexibility index (Phi) is 5.98. The third-order valence-corrected chi connectivity index (χ3v) is 6.62. The molecule has 0 unspecified atom stereocenters. The first kappa shape index (κ1) is 19.4. The minimum absolute atomic E-state index is 0.127. The van der Waals surface area contributed by atoms with Crippen molar-refractivity contribution in [2.75, 3.05) is 6.61 Å². The summed E-state index contributed by atoms with van der Waals surface area (Å²) < 4.78 is 7.82. The number of nitrogens with one attached hydrogen (secondary N) is 2. The fraction of sp³-hybridized carbons (Fsp3) is 0.556. The van der Waals surface area contributed by atoms with E-state index in [1.165, 1.54) is 11.8 Å². The molecule has 150 valence electrons. The Morgan fingerprint density at radius 3 is 2.93 bits per heavy atom. The Morgan fingerprint density at radius 2 is 2.25 bits per heavy atom. The Morgan fingerprint density at radius 1 is 1.39 bits per heavy atom. The number of urea groups is 1. The minimum Gasteiger partial charge on any atom is -0.376 e. The van der Waals surface area contributed by atoms with Crippen LogP contribution >= 0.6 is 23.1 Å². The van der Waals surface area contributed by atoms with Gasteiger partial charge in [0.2, 0.25) is 5.91 Å². The quantitative estimate of drug-likeness (QED) is 0.667. The van der Waals surface area contributed by atoms with Gasteiger partial charge in [0.25, 0.3) is 0 Å². The lowest BCUT2D eigenvalue weighted by molar-refractivity contribution is -0.119. The maximum Gasteiger partial charge on any atom is 0.321 e.